The van der Waals surface area contributed by atoms with Gasteiger partial charge in [-0.1, -0.05) is 49.5 Å². The van der Waals surface area contributed by atoms with Crippen LogP contribution >= 0.6 is 0 Å². The molecule has 0 amide bonds. The smallest absolute Gasteiger partial charge is 0.335 e. The first kappa shape index (κ1) is 20.2. The number of rotatable bonds is 7. The van der Waals surface area contributed by atoms with Crippen molar-refractivity contribution in [1.29, 1.82) is 0 Å². The van der Waals surface area contributed by atoms with Gasteiger partial charge in [-0.3, -0.25) is 0 Å². The Morgan fingerprint density at radius 2 is 1.38 bits per heavy atom. The van der Waals surface area contributed by atoms with Crippen LogP contribution in [-0.4, -0.2) is 11.1 Å². The summed E-state index contributed by atoms with van der Waals surface area (Å²) < 4.78 is 0. The standard InChI is InChI=1S/C26H25NO2/c1-2-3-4-20-5-7-21(8-6-20)9-10-22-11-13-23(14-12-22)19-27-25-17-15-24(16-18-25)26(28)29/h5-8,11-18,27H,2-4,19H2,1H3,(H,28,29). The summed E-state index contributed by atoms with van der Waals surface area (Å²) in [6.45, 7) is 2.87. The molecule has 3 nitrogen and oxygen atoms in total. The number of unbranched alkanes of at least 4 members (excludes halogenated alkanes) is 1. The van der Waals surface area contributed by atoms with Gasteiger partial charge in [0.25, 0.3) is 0 Å². The zero-order chi connectivity index (χ0) is 20.5. The van der Waals surface area contributed by atoms with E-state index in [0.29, 0.717) is 6.54 Å². The summed E-state index contributed by atoms with van der Waals surface area (Å²) in [6, 6.07) is 23.4. The number of hydrogen-bond acceptors (Lipinski definition) is 2. The van der Waals surface area contributed by atoms with E-state index in [-0.39, 0.29) is 5.56 Å². The number of nitrogens with one attached hydrogen (secondary N) is 1. The minimum atomic E-state index is -0.916. The normalized spacial score (nSPS) is 10.1. The van der Waals surface area contributed by atoms with Crippen LogP contribution in [0.2, 0.25) is 0 Å². The Labute approximate surface area is 172 Å². The maximum absolute atomic E-state index is 10.9. The zero-order valence-corrected chi connectivity index (χ0v) is 16.6. The van der Waals surface area contributed by atoms with Crippen molar-refractivity contribution in [2.45, 2.75) is 32.7 Å². The number of anilines is 1. The van der Waals surface area contributed by atoms with Crippen molar-refractivity contribution in [2.24, 2.45) is 0 Å². The largest absolute Gasteiger partial charge is 0.478 e. The molecule has 0 radical (unpaired) electrons. The van der Waals surface area contributed by atoms with Gasteiger partial charge in [0.1, 0.15) is 0 Å². The summed E-state index contributed by atoms with van der Waals surface area (Å²) in [5.41, 5.74) is 5.69. The van der Waals surface area contributed by atoms with Crippen LogP contribution in [0.1, 0.15) is 52.4 Å². The van der Waals surface area contributed by atoms with Crippen LogP contribution < -0.4 is 5.32 Å². The number of carboxylic acid groups (broad SMARTS) is 1. The molecule has 0 saturated carbocycles. The fourth-order valence-corrected chi connectivity index (χ4v) is 2.92. The van der Waals surface area contributed by atoms with Crippen LogP contribution in [0.5, 0.6) is 0 Å². The average molecular weight is 383 g/mol. The van der Waals surface area contributed by atoms with Crippen molar-refractivity contribution >= 4 is 11.7 Å². The van der Waals surface area contributed by atoms with E-state index >= 15 is 0 Å². The van der Waals surface area contributed by atoms with Crippen LogP contribution in [-0.2, 0) is 13.0 Å². The Kier molecular flexibility index (Phi) is 7.08. The van der Waals surface area contributed by atoms with Gasteiger partial charge in [-0.2, -0.15) is 0 Å². The topological polar surface area (TPSA) is 49.3 Å². The van der Waals surface area contributed by atoms with E-state index in [2.05, 4.69) is 60.5 Å². The van der Waals surface area contributed by atoms with Gasteiger partial charge in [0.15, 0.2) is 0 Å². The van der Waals surface area contributed by atoms with E-state index in [0.717, 1.165) is 28.8 Å². The number of carbonyl (C=O) groups is 1. The molecular weight excluding hydrogens is 358 g/mol. The summed E-state index contributed by atoms with van der Waals surface area (Å²) in [7, 11) is 0. The highest BCUT2D eigenvalue weighted by atomic mass is 16.4. The van der Waals surface area contributed by atoms with Gasteiger partial charge >= 0.3 is 5.97 Å². The number of aromatic carboxylic acids is 1. The lowest BCUT2D eigenvalue weighted by Crippen LogP contribution is -2.00. The second-order valence-corrected chi connectivity index (χ2v) is 6.98. The van der Waals surface area contributed by atoms with E-state index in [1.165, 1.54) is 18.4 Å². The first-order valence-electron chi connectivity index (χ1n) is 9.91. The molecule has 2 N–H and O–H groups in total. The Balaban J connectivity index is 1.55. The van der Waals surface area contributed by atoms with Crippen LogP contribution in [0.4, 0.5) is 5.69 Å². The summed E-state index contributed by atoms with van der Waals surface area (Å²) in [4.78, 5) is 10.9. The highest BCUT2D eigenvalue weighted by Gasteiger charge is 2.01. The number of benzene rings is 3. The van der Waals surface area contributed by atoms with Crippen molar-refractivity contribution in [2.75, 3.05) is 5.32 Å². The van der Waals surface area contributed by atoms with Crippen molar-refractivity contribution in [1.82, 2.24) is 0 Å². The Morgan fingerprint density at radius 3 is 1.90 bits per heavy atom. The van der Waals surface area contributed by atoms with Crippen molar-refractivity contribution in [3.8, 4) is 11.8 Å². The molecule has 0 fully saturated rings. The molecule has 0 aliphatic carbocycles. The lowest BCUT2D eigenvalue weighted by atomic mass is 10.1. The van der Waals surface area contributed by atoms with Crippen molar-refractivity contribution < 1.29 is 9.90 Å². The molecule has 3 rings (SSSR count). The lowest BCUT2D eigenvalue weighted by molar-refractivity contribution is 0.0697. The summed E-state index contributed by atoms with van der Waals surface area (Å²) in [5, 5.41) is 12.2. The fourth-order valence-electron chi connectivity index (χ4n) is 2.92. The molecule has 0 unspecified atom stereocenters. The number of hydrogen-bond donors (Lipinski definition) is 2. The molecule has 146 valence electrons. The lowest BCUT2D eigenvalue weighted by Gasteiger charge is -2.07. The van der Waals surface area contributed by atoms with Crippen LogP contribution in [0, 0.1) is 11.8 Å². The van der Waals surface area contributed by atoms with Gasteiger partial charge in [-0.15, -0.1) is 0 Å². The van der Waals surface area contributed by atoms with Crippen LogP contribution in [0.3, 0.4) is 0 Å². The van der Waals surface area contributed by atoms with Gasteiger partial charge in [0, 0.05) is 23.4 Å². The highest BCUT2D eigenvalue weighted by Crippen LogP contribution is 2.12. The number of carboxylic acids is 1. The SMILES string of the molecule is CCCCc1ccc(C#Cc2ccc(CNc3ccc(C(=O)O)cc3)cc2)cc1. The minimum Gasteiger partial charge on any atom is -0.478 e. The molecule has 3 aromatic rings. The van der Waals surface area contributed by atoms with E-state index in [4.69, 9.17) is 5.11 Å². The molecule has 0 aliphatic rings. The first-order valence-corrected chi connectivity index (χ1v) is 9.91. The van der Waals surface area contributed by atoms with Gasteiger partial charge < -0.3 is 10.4 Å². The Bertz CT molecular complexity index is 992. The zero-order valence-electron chi connectivity index (χ0n) is 16.6. The second kappa shape index (κ2) is 10.1. The molecular formula is C26H25NO2. The maximum atomic E-state index is 10.9. The summed E-state index contributed by atoms with van der Waals surface area (Å²) in [5.74, 6) is 5.52. The highest BCUT2D eigenvalue weighted by molar-refractivity contribution is 5.88. The van der Waals surface area contributed by atoms with Crippen molar-refractivity contribution in [3.05, 3.63) is 101 Å². The van der Waals surface area contributed by atoms with Crippen LogP contribution in [0.15, 0.2) is 72.8 Å². The third-order valence-electron chi connectivity index (χ3n) is 4.71. The van der Waals surface area contributed by atoms with Gasteiger partial charge in [-0.25, -0.2) is 4.79 Å². The molecule has 0 bridgehead atoms. The second-order valence-electron chi connectivity index (χ2n) is 6.98. The molecule has 0 spiro atoms. The predicted molar refractivity (Wildman–Crippen MR) is 118 cm³/mol. The molecule has 29 heavy (non-hydrogen) atoms. The predicted octanol–water partition coefficient (Wildman–Crippen LogP) is 5.74. The van der Waals surface area contributed by atoms with Crippen molar-refractivity contribution in [3.63, 3.8) is 0 Å². The van der Waals surface area contributed by atoms with E-state index in [1.807, 2.05) is 12.1 Å². The van der Waals surface area contributed by atoms with E-state index in [9.17, 15) is 4.79 Å². The Hall–Kier alpha value is -3.51. The molecule has 0 heterocycles. The third-order valence-corrected chi connectivity index (χ3v) is 4.71. The van der Waals surface area contributed by atoms with Gasteiger partial charge in [0.2, 0.25) is 0 Å². The van der Waals surface area contributed by atoms with Gasteiger partial charge in [0.05, 0.1) is 5.56 Å². The molecule has 0 aromatic heterocycles. The monoisotopic (exact) mass is 383 g/mol. The number of aryl methyl sites for hydroxylation is 1. The minimum absolute atomic E-state index is 0.286. The van der Waals surface area contributed by atoms with Crippen LogP contribution in [0.25, 0.3) is 0 Å². The van der Waals surface area contributed by atoms with E-state index < -0.39 is 5.97 Å². The summed E-state index contributed by atoms with van der Waals surface area (Å²) in [6.07, 6.45) is 3.56. The Morgan fingerprint density at radius 1 is 0.828 bits per heavy atom. The molecule has 0 aliphatic heterocycles. The fraction of sp³-hybridized carbons (Fsp3) is 0.192. The molecule has 0 saturated heterocycles. The average Bonchev–Trinajstić information content (AvgIpc) is 2.76. The maximum Gasteiger partial charge on any atom is 0.335 e. The quantitative estimate of drug-likeness (QED) is 0.512. The van der Waals surface area contributed by atoms with Gasteiger partial charge in [-0.05, 0) is 72.5 Å². The van der Waals surface area contributed by atoms with E-state index in [1.54, 1.807) is 24.3 Å². The summed E-state index contributed by atoms with van der Waals surface area (Å²) >= 11 is 0. The molecule has 0 atom stereocenters. The third kappa shape index (κ3) is 6.26. The molecule has 3 heteroatoms. The molecule has 3 aromatic carbocycles. The first-order chi connectivity index (χ1) is 14.1.